The van der Waals surface area contributed by atoms with E-state index >= 15 is 0 Å². The minimum Gasteiger partial charge on any atom is -0.550 e. The van der Waals surface area contributed by atoms with E-state index in [2.05, 4.69) is 27.9 Å². The third kappa shape index (κ3) is 6.10. The summed E-state index contributed by atoms with van der Waals surface area (Å²) in [5, 5.41) is 12.6. The van der Waals surface area contributed by atoms with Crippen LogP contribution in [0.15, 0.2) is 24.3 Å². The molecule has 1 amide bonds. The number of halogens is 1. The zero-order valence-electron chi connectivity index (χ0n) is 8.94. The highest BCUT2D eigenvalue weighted by molar-refractivity contribution is 14.1. The predicted octanol–water partition coefficient (Wildman–Crippen LogP) is 1.37. The number of aliphatic carboxylic acids is 1. The van der Waals surface area contributed by atoms with Gasteiger partial charge in [0.25, 0.3) is 0 Å². The largest absolute Gasteiger partial charge is 0.550 e. The van der Waals surface area contributed by atoms with Gasteiger partial charge in [-0.2, -0.15) is 0 Å². The zero-order valence-corrected chi connectivity index (χ0v) is 11.1. The fourth-order valence-electron chi connectivity index (χ4n) is 1.10. The summed E-state index contributed by atoms with van der Waals surface area (Å²) >= 11 is 2.13. The van der Waals surface area contributed by atoms with Crippen molar-refractivity contribution in [2.75, 3.05) is 11.9 Å². The molecular weight excluding hydrogens is 337 g/mol. The number of hydrogen-bond acceptors (Lipinski definition) is 4. The van der Waals surface area contributed by atoms with Crippen LogP contribution in [0.2, 0.25) is 0 Å². The van der Waals surface area contributed by atoms with Crippen molar-refractivity contribution in [1.82, 2.24) is 0 Å². The average Bonchev–Trinajstić information content (AvgIpc) is 2.24. The summed E-state index contributed by atoms with van der Waals surface area (Å²) in [5.41, 5.74) is 0.641. The van der Waals surface area contributed by atoms with Crippen LogP contribution in [0.3, 0.4) is 0 Å². The molecule has 0 aliphatic heterocycles. The molecule has 92 valence electrons. The van der Waals surface area contributed by atoms with Gasteiger partial charge in [0.2, 0.25) is 0 Å². The molecule has 1 rings (SSSR count). The van der Waals surface area contributed by atoms with E-state index in [1.807, 2.05) is 12.1 Å². The van der Waals surface area contributed by atoms with Crippen LogP contribution in [0.25, 0.3) is 0 Å². The highest BCUT2D eigenvalue weighted by atomic mass is 127. The standard InChI is InChI=1S/C11H12INO4/c12-8-3-1-4-9(7-8)13-11(16)17-6-2-5-10(14)15/h1,3-4,7H,2,5-6H2,(H,13,16)(H,14,15)/p-1. The first kappa shape index (κ1) is 13.8. The van der Waals surface area contributed by atoms with Crippen LogP contribution in [0.5, 0.6) is 0 Å². The number of carbonyl (C=O) groups excluding carboxylic acids is 2. The van der Waals surface area contributed by atoms with Gasteiger partial charge in [0.15, 0.2) is 0 Å². The lowest BCUT2D eigenvalue weighted by atomic mass is 10.3. The number of anilines is 1. The van der Waals surface area contributed by atoms with Crippen molar-refractivity contribution >= 4 is 40.3 Å². The molecule has 0 fully saturated rings. The predicted molar refractivity (Wildman–Crippen MR) is 68.4 cm³/mol. The van der Waals surface area contributed by atoms with Gasteiger partial charge in [0, 0.05) is 15.2 Å². The van der Waals surface area contributed by atoms with Crippen LogP contribution < -0.4 is 10.4 Å². The van der Waals surface area contributed by atoms with Crippen molar-refractivity contribution in [2.24, 2.45) is 0 Å². The molecule has 0 saturated heterocycles. The third-order valence-corrected chi connectivity index (χ3v) is 2.50. The maximum absolute atomic E-state index is 11.3. The highest BCUT2D eigenvalue weighted by Crippen LogP contribution is 2.12. The molecule has 0 aliphatic carbocycles. The van der Waals surface area contributed by atoms with Crippen LogP contribution in [-0.2, 0) is 9.53 Å². The molecule has 0 aliphatic rings. The summed E-state index contributed by atoms with van der Waals surface area (Å²) in [4.78, 5) is 21.4. The van der Waals surface area contributed by atoms with Crippen LogP contribution >= 0.6 is 22.6 Å². The molecule has 1 aromatic carbocycles. The first-order valence-electron chi connectivity index (χ1n) is 4.97. The molecule has 1 aromatic rings. The number of carbonyl (C=O) groups is 2. The highest BCUT2D eigenvalue weighted by Gasteiger charge is 2.02. The van der Waals surface area contributed by atoms with Gasteiger partial charge in [-0.25, -0.2) is 4.79 Å². The maximum atomic E-state index is 11.3. The quantitative estimate of drug-likeness (QED) is 0.644. The van der Waals surface area contributed by atoms with Gasteiger partial charge in [-0.05, 0) is 53.6 Å². The number of carboxylic acid groups (broad SMARTS) is 1. The second kappa shape index (κ2) is 7.10. The van der Waals surface area contributed by atoms with Gasteiger partial charge >= 0.3 is 6.09 Å². The Morgan fingerprint density at radius 3 is 2.82 bits per heavy atom. The van der Waals surface area contributed by atoms with E-state index in [1.54, 1.807) is 12.1 Å². The Labute approximate surface area is 112 Å². The molecule has 17 heavy (non-hydrogen) atoms. The molecule has 0 saturated carbocycles. The summed E-state index contributed by atoms with van der Waals surface area (Å²) < 4.78 is 5.79. The molecule has 0 radical (unpaired) electrons. The molecule has 0 atom stereocenters. The fraction of sp³-hybridized carbons (Fsp3) is 0.273. The lowest BCUT2D eigenvalue weighted by molar-refractivity contribution is -0.305. The topological polar surface area (TPSA) is 78.5 Å². The smallest absolute Gasteiger partial charge is 0.411 e. The van der Waals surface area contributed by atoms with E-state index in [0.717, 1.165) is 3.57 Å². The fourth-order valence-corrected chi connectivity index (χ4v) is 1.64. The van der Waals surface area contributed by atoms with Crippen molar-refractivity contribution in [3.8, 4) is 0 Å². The summed E-state index contributed by atoms with van der Waals surface area (Å²) in [6, 6.07) is 7.25. The molecule has 1 N–H and O–H groups in total. The van der Waals surface area contributed by atoms with Crippen LogP contribution in [-0.4, -0.2) is 18.7 Å². The molecule has 0 unspecified atom stereocenters. The molecule has 0 heterocycles. The summed E-state index contributed by atoms with van der Waals surface area (Å²) in [7, 11) is 0. The molecule has 0 spiro atoms. The van der Waals surface area contributed by atoms with Gasteiger partial charge in [0.1, 0.15) is 0 Å². The lowest BCUT2D eigenvalue weighted by Gasteiger charge is -2.07. The molecule has 6 heteroatoms. The Bertz CT molecular complexity index is 408. The van der Waals surface area contributed by atoms with Gasteiger partial charge in [-0.15, -0.1) is 0 Å². The van der Waals surface area contributed by atoms with E-state index in [0.29, 0.717) is 5.69 Å². The first-order chi connectivity index (χ1) is 8.08. The Kier molecular flexibility index (Phi) is 5.75. The zero-order chi connectivity index (χ0) is 12.7. The number of benzene rings is 1. The number of ether oxygens (including phenoxy) is 1. The Hall–Kier alpha value is -1.31. The van der Waals surface area contributed by atoms with Gasteiger partial charge in [0.05, 0.1) is 6.61 Å². The van der Waals surface area contributed by atoms with Crippen molar-refractivity contribution in [1.29, 1.82) is 0 Å². The molecule has 0 aromatic heterocycles. The van der Waals surface area contributed by atoms with Gasteiger partial charge < -0.3 is 14.6 Å². The lowest BCUT2D eigenvalue weighted by Crippen LogP contribution is -2.22. The molecular formula is C11H11INO4-. The minimum absolute atomic E-state index is 0.0593. The minimum atomic E-state index is -1.15. The number of rotatable bonds is 5. The number of hydrogen-bond donors (Lipinski definition) is 1. The monoisotopic (exact) mass is 348 g/mol. The molecule has 0 bridgehead atoms. The Morgan fingerprint density at radius 1 is 1.41 bits per heavy atom. The maximum Gasteiger partial charge on any atom is 0.411 e. The van der Waals surface area contributed by atoms with Gasteiger partial charge in [-0.3, -0.25) is 5.32 Å². The van der Waals surface area contributed by atoms with E-state index in [1.165, 1.54) is 0 Å². The molecule has 5 nitrogen and oxygen atoms in total. The van der Waals surface area contributed by atoms with E-state index < -0.39 is 12.1 Å². The summed E-state index contributed by atoms with van der Waals surface area (Å²) in [6.45, 7) is 0.0593. The van der Waals surface area contributed by atoms with Crippen LogP contribution in [0.1, 0.15) is 12.8 Å². The van der Waals surface area contributed by atoms with Crippen LogP contribution in [0, 0.1) is 3.57 Å². The normalized spacial score (nSPS) is 9.71. The summed E-state index contributed by atoms with van der Waals surface area (Å²) in [6.07, 6.45) is -0.455. The number of carboxylic acids is 1. The van der Waals surface area contributed by atoms with Crippen LogP contribution in [0.4, 0.5) is 10.5 Å². The first-order valence-corrected chi connectivity index (χ1v) is 6.05. The number of amides is 1. The SMILES string of the molecule is O=C([O-])CCCOC(=O)Nc1cccc(I)c1. The average molecular weight is 348 g/mol. The number of nitrogens with one attached hydrogen (secondary N) is 1. The Balaban J connectivity index is 2.27. The van der Waals surface area contributed by atoms with E-state index in [4.69, 9.17) is 4.74 Å². The van der Waals surface area contributed by atoms with E-state index in [-0.39, 0.29) is 19.4 Å². The van der Waals surface area contributed by atoms with Gasteiger partial charge in [-0.1, -0.05) is 6.07 Å². The summed E-state index contributed by atoms with van der Waals surface area (Å²) in [5.74, 6) is -1.15. The van der Waals surface area contributed by atoms with Crippen molar-refractivity contribution in [3.05, 3.63) is 27.8 Å². The third-order valence-electron chi connectivity index (χ3n) is 1.83. The Morgan fingerprint density at radius 2 is 2.18 bits per heavy atom. The second-order valence-corrected chi connectivity index (χ2v) is 4.49. The van der Waals surface area contributed by atoms with Crippen molar-refractivity contribution in [3.63, 3.8) is 0 Å². The van der Waals surface area contributed by atoms with E-state index in [9.17, 15) is 14.7 Å². The van der Waals surface area contributed by atoms with Crippen molar-refractivity contribution in [2.45, 2.75) is 12.8 Å². The second-order valence-electron chi connectivity index (χ2n) is 3.25. The van der Waals surface area contributed by atoms with Crippen molar-refractivity contribution < 1.29 is 19.4 Å².